The van der Waals surface area contributed by atoms with Crippen molar-refractivity contribution in [1.82, 2.24) is 5.32 Å². The molecule has 1 heterocycles. The highest BCUT2D eigenvalue weighted by molar-refractivity contribution is 9.10. The van der Waals surface area contributed by atoms with Gasteiger partial charge in [-0.3, -0.25) is 4.90 Å². The van der Waals surface area contributed by atoms with E-state index in [9.17, 15) is 9.18 Å². The lowest BCUT2D eigenvalue weighted by molar-refractivity contribution is 0.251. The molecule has 1 fully saturated rings. The summed E-state index contributed by atoms with van der Waals surface area (Å²) in [5.74, 6) is -0.361. The first-order chi connectivity index (χ1) is 7.08. The largest absolute Gasteiger partial charge is 0.333 e. The van der Waals surface area contributed by atoms with E-state index in [-0.39, 0.29) is 17.9 Å². The average molecular weight is 273 g/mol. The minimum Gasteiger partial charge on any atom is -0.333 e. The van der Waals surface area contributed by atoms with E-state index in [0.717, 1.165) is 0 Å². The highest BCUT2D eigenvalue weighted by Crippen LogP contribution is 2.24. The molecule has 2 amide bonds. The first-order valence-electron chi connectivity index (χ1n) is 4.61. The Balaban J connectivity index is 2.30. The molecular formula is C10H10BrFN2O. The first-order valence-corrected chi connectivity index (χ1v) is 5.40. The summed E-state index contributed by atoms with van der Waals surface area (Å²) in [5.41, 5.74) is 0.581. The maximum Gasteiger partial charge on any atom is 0.322 e. The number of nitrogens with zero attached hydrogens (tertiary/aromatic N) is 1. The summed E-state index contributed by atoms with van der Waals surface area (Å²) < 4.78 is 13.7. The van der Waals surface area contributed by atoms with Crippen molar-refractivity contribution >= 4 is 27.6 Å². The summed E-state index contributed by atoms with van der Waals surface area (Å²) in [6.07, 6.45) is 0. The van der Waals surface area contributed by atoms with Gasteiger partial charge in [-0.1, -0.05) is 0 Å². The number of urea groups is 1. The molecule has 1 aliphatic heterocycles. The Morgan fingerprint density at radius 2 is 2.33 bits per heavy atom. The normalized spacial score (nSPS) is 20.6. The quantitative estimate of drug-likeness (QED) is 0.837. The topological polar surface area (TPSA) is 32.3 Å². The van der Waals surface area contributed by atoms with Gasteiger partial charge in [-0.05, 0) is 41.1 Å². The van der Waals surface area contributed by atoms with Crippen molar-refractivity contribution < 1.29 is 9.18 Å². The van der Waals surface area contributed by atoms with Gasteiger partial charge in [0, 0.05) is 18.3 Å². The number of carbonyl (C=O) groups is 1. The molecule has 0 spiro atoms. The van der Waals surface area contributed by atoms with Crippen molar-refractivity contribution in [2.75, 3.05) is 11.4 Å². The van der Waals surface area contributed by atoms with Crippen LogP contribution in [-0.2, 0) is 0 Å². The molecule has 1 saturated heterocycles. The van der Waals surface area contributed by atoms with Crippen molar-refractivity contribution in [3.05, 3.63) is 28.5 Å². The predicted molar refractivity (Wildman–Crippen MR) is 59.4 cm³/mol. The molecule has 1 N–H and O–H groups in total. The molecule has 1 atom stereocenters. The van der Waals surface area contributed by atoms with Crippen LogP contribution in [0.1, 0.15) is 6.92 Å². The van der Waals surface area contributed by atoms with Crippen LogP contribution in [0.3, 0.4) is 0 Å². The molecule has 1 aliphatic rings. The van der Waals surface area contributed by atoms with Crippen LogP contribution >= 0.6 is 15.9 Å². The molecule has 15 heavy (non-hydrogen) atoms. The number of halogens is 2. The third-order valence-corrected chi connectivity index (χ3v) is 2.93. The van der Waals surface area contributed by atoms with Gasteiger partial charge in [0.25, 0.3) is 0 Å². The molecule has 3 nitrogen and oxygen atoms in total. The van der Waals surface area contributed by atoms with Crippen LogP contribution in [0, 0.1) is 5.82 Å². The zero-order valence-electron chi connectivity index (χ0n) is 8.13. The Kier molecular flexibility index (Phi) is 2.65. The number of carbonyl (C=O) groups excluding carboxylic acids is 1. The molecular weight excluding hydrogens is 263 g/mol. The van der Waals surface area contributed by atoms with Gasteiger partial charge >= 0.3 is 6.03 Å². The molecule has 80 valence electrons. The molecule has 0 saturated carbocycles. The molecule has 0 bridgehead atoms. The van der Waals surface area contributed by atoms with Crippen LogP contribution in [0.5, 0.6) is 0 Å². The second-order valence-corrected chi connectivity index (χ2v) is 4.41. The van der Waals surface area contributed by atoms with E-state index >= 15 is 0 Å². The molecule has 0 aliphatic carbocycles. The van der Waals surface area contributed by atoms with Crippen molar-refractivity contribution in [1.29, 1.82) is 0 Å². The number of rotatable bonds is 1. The Morgan fingerprint density at radius 1 is 1.60 bits per heavy atom. The van der Waals surface area contributed by atoms with E-state index in [1.807, 2.05) is 6.92 Å². The maximum absolute atomic E-state index is 13.3. The van der Waals surface area contributed by atoms with E-state index in [0.29, 0.717) is 16.7 Å². The van der Waals surface area contributed by atoms with Gasteiger partial charge < -0.3 is 5.32 Å². The van der Waals surface area contributed by atoms with Crippen LogP contribution in [0.15, 0.2) is 22.7 Å². The van der Waals surface area contributed by atoms with Gasteiger partial charge in [0.15, 0.2) is 0 Å². The van der Waals surface area contributed by atoms with E-state index in [2.05, 4.69) is 21.2 Å². The fraction of sp³-hybridized carbons (Fsp3) is 0.300. The minimum absolute atomic E-state index is 0.101. The van der Waals surface area contributed by atoms with Crippen molar-refractivity contribution in [2.45, 2.75) is 13.0 Å². The van der Waals surface area contributed by atoms with Crippen LogP contribution in [0.2, 0.25) is 0 Å². The highest BCUT2D eigenvalue weighted by Gasteiger charge is 2.26. The van der Waals surface area contributed by atoms with Crippen molar-refractivity contribution in [3.8, 4) is 0 Å². The third kappa shape index (κ3) is 1.97. The number of amides is 2. The van der Waals surface area contributed by atoms with E-state index in [1.54, 1.807) is 12.1 Å². The van der Waals surface area contributed by atoms with Crippen molar-refractivity contribution in [2.24, 2.45) is 0 Å². The highest BCUT2D eigenvalue weighted by atomic mass is 79.9. The summed E-state index contributed by atoms with van der Waals surface area (Å²) in [5, 5.41) is 2.75. The van der Waals surface area contributed by atoms with Gasteiger partial charge in [-0.15, -0.1) is 0 Å². The summed E-state index contributed by atoms with van der Waals surface area (Å²) in [6.45, 7) is 2.48. The minimum atomic E-state index is -0.361. The summed E-state index contributed by atoms with van der Waals surface area (Å²) >= 11 is 3.07. The van der Waals surface area contributed by atoms with E-state index in [1.165, 1.54) is 11.0 Å². The lowest BCUT2D eigenvalue weighted by Gasteiger charge is -2.14. The zero-order valence-corrected chi connectivity index (χ0v) is 9.71. The Bertz CT molecular complexity index is 410. The number of hydrogen-bond donors (Lipinski definition) is 1. The fourth-order valence-corrected chi connectivity index (χ4v) is 1.81. The van der Waals surface area contributed by atoms with E-state index < -0.39 is 0 Å². The lowest BCUT2D eigenvalue weighted by Crippen LogP contribution is -2.28. The molecule has 2 rings (SSSR count). The molecule has 0 aromatic heterocycles. The molecule has 1 aromatic carbocycles. The lowest BCUT2D eigenvalue weighted by atomic mass is 10.3. The maximum atomic E-state index is 13.3. The summed E-state index contributed by atoms with van der Waals surface area (Å²) in [7, 11) is 0. The standard InChI is InChI=1S/C10H10BrFN2O/c1-6-5-14(10(15)13-6)7-2-3-8(11)9(12)4-7/h2-4,6H,5H2,1H3,(H,13,15). The number of anilines is 1. The van der Waals surface area contributed by atoms with Crippen LogP contribution < -0.4 is 10.2 Å². The third-order valence-electron chi connectivity index (χ3n) is 2.29. The van der Waals surface area contributed by atoms with Gasteiger partial charge in [-0.2, -0.15) is 0 Å². The Morgan fingerprint density at radius 3 is 2.87 bits per heavy atom. The molecule has 1 aromatic rings. The number of nitrogens with one attached hydrogen (secondary N) is 1. The fourth-order valence-electron chi connectivity index (χ4n) is 1.57. The molecule has 0 radical (unpaired) electrons. The number of benzene rings is 1. The second-order valence-electron chi connectivity index (χ2n) is 3.56. The van der Waals surface area contributed by atoms with Gasteiger partial charge in [0.05, 0.1) is 4.47 Å². The number of hydrogen-bond acceptors (Lipinski definition) is 1. The summed E-state index contributed by atoms with van der Waals surface area (Å²) in [4.78, 5) is 13.0. The van der Waals surface area contributed by atoms with Crippen LogP contribution in [0.25, 0.3) is 0 Å². The zero-order chi connectivity index (χ0) is 11.0. The monoisotopic (exact) mass is 272 g/mol. The average Bonchev–Trinajstić information content (AvgIpc) is 2.50. The van der Waals surface area contributed by atoms with Crippen LogP contribution in [-0.4, -0.2) is 18.6 Å². The van der Waals surface area contributed by atoms with E-state index in [4.69, 9.17) is 0 Å². The summed E-state index contributed by atoms with van der Waals surface area (Å²) in [6, 6.07) is 4.58. The first kappa shape index (κ1) is 10.4. The smallest absolute Gasteiger partial charge is 0.322 e. The molecule has 1 unspecified atom stereocenters. The predicted octanol–water partition coefficient (Wildman–Crippen LogP) is 2.51. The van der Waals surface area contributed by atoms with Gasteiger partial charge in [0.1, 0.15) is 5.82 Å². The van der Waals surface area contributed by atoms with Crippen molar-refractivity contribution in [3.63, 3.8) is 0 Å². The van der Waals surface area contributed by atoms with Gasteiger partial charge in [0.2, 0.25) is 0 Å². The van der Waals surface area contributed by atoms with Crippen LogP contribution in [0.4, 0.5) is 14.9 Å². The Labute approximate surface area is 95.4 Å². The second kappa shape index (κ2) is 3.81. The molecule has 5 heteroatoms. The van der Waals surface area contributed by atoms with Gasteiger partial charge in [-0.25, -0.2) is 9.18 Å². The SMILES string of the molecule is CC1CN(c2ccc(Br)c(F)c2)C(=O)N1. The Hall–Kier alpha value is -1.10.